The molecule has 0 atom stereocenters. The van der Waals surface area contributed by atoms with Gasteiger partial charge in [0.05, 0.1) is 0 Å². The maximum absolute atomic E-state index is 5.83. The van der Waals surface area contributed by atoms with E-state index in [9.17, 15) is 0 Å². The molecule has 1 aliphatic heterocycles. The van der Waals surface area contributed by atoms with Gasteiger partial charge in [0.1, 0.15) is 12.1 Å². The van der Waals surface area contributed by atoms with Gasteiger partial charge in [-0.2, -0.15) is 0 Å². The lowest BCUT2D eigenvalue weighted by Crippen LogP contribution is -2.46. The molecule has 0 unspecified atom stereocenters. The van der Waals surface area contributed by atoms with Gasteiger partial charge in [0.15, 0.2) is 0 Å². The monoisotopic (exact) mass is 255 g/mol. The molecule has 0 radical (unpaired) electrons. The minimum Gasteiger partial charge on any atom is -0.399 e. The van der Waals surface area contributed by atoms with Crippen LogP contribution in [0.4, 0.5) is 17.2 Å². The quantitative estimate of drug-likeness (QED) is 0.822. The highest BCUT2D eigenvalue weighted by Gasteiger charge is 2.18. The lowest BCUT2D eigenvalue weighted by molar-refractivity contribution is 0.647. The van der Waals surface area contributed by atoms with Crippen molar-refractivity contribution in [1.82, 2.24) is 9.97 Å². The molecule has 98 valence electrons. The van der Waals surface area contributed by atoms with Gasteiger partial charge in [-0.25, -0.2) is 9.97 Å². The molecule has 0 amide bonds. The van der Waals surface area contributed by atoms with E-state index in [0.717, 1.165) is 37.7 Å². The lowest BCUT2D eigenvalue weighted by atomic mass is 10.2. The van der Waals surface area contributed by atoms with E-state index in [1.165, 1.54) is 5.69 Å². The van der Waals surface area contributed by atoms with Gasteiger partial charge in [0, 0.05) is 43.8 Å². The summed E-state index contributed by atoms with van der Waals surface area (Å²) in [5.74, 6) is 1.00. The van der Waals surface area contributed by atoms with Crippen molar-refractivity contribution < 1.29 is 0 Å². The van der Waals surface area contributed by atoms with Crippen LogP contribution in [0.2, 0.25) is 0 Å². The van der Waals surface area contributed by atoms with Gasteiger partial charge in [0.2, 0.25) is 0 Å². The van der Waals surface area contributed by atoms with Gasteiger partial charge in [0.25, 0.3) is 0 Å². The second-order valence-corrected chi connectivity index (χ2v) is 4.64. The fourth-order valence-electron chi connectivity index (χ4n) is 2.39. The summed E-state index contributed by atoms with van der Waals surface area (Å²) in [4.78, 5) is 12.9. The van der Waals surface area contributed by atoms with Crippen LogP contribution in [0, 0.1) is 0 Å². The van der Waals surface area contributed by atoms with Crippen LogP contribution in [-0.2, 0) is 0 Å². The Morgan fingerprint density at radius 2 is 1.79 bits per heavy atom. The first-order valence-electron chi connectivity index (χ1n) is 6.44. The van der Waals surface area contributed by atoms with Crippen molar-refractivity contribution in [3.05, 3.63) is 42.9 Å². The lowest BCUT2D eigenvalue weighted by Gasteiger charge is -2.36. The van der Waals surface area contributed by atoms with Crippen molar-refractivity contribution >= 4 is 17.2 Å². The molecule has 1 fully saturated rings. The summed E-state index contributed by atoms with van der Waals surface area (Å²) in [5, 5.41) is 0. The highest BCUT2D eigenvalue weighted by molar-refractivity contribution is 5.57. The van der Waals surface area contributed by atoms with Crippen LogP contribution < -0.4 is 15.5 Å². The van der Waals surface area contributed by atoms with Crippen molar-refractivity contribution in [2.45, 2.75) is 0 Å². The number of aromatic nitrogens is 2. The van der Waals surface area contributed by atoms with E-state index in [2.05, 4.69) is 25.8 Å². The Bertz CT molecular complexity index is 535. The third kappa shape index (κ3) is 2.59. The first kappa shape index (κ1) is 11.8. The maximum atomic E-state index is 5.83. The molecule has 0 spiro atoms. The third-order valence-electron chi connectivity index (χ3n) is 3.41. The molecule has 1 saturated heterocycles. The zero-order valence-corrected chi connectivity index (χ0v) is 10.7. The van der Waals surface area contributed by atoms with Crippen molar-refractivity contribution in [2.75, 3.05) is 41.7 Å². The summed E-state index contributed by atoms with van der Waals surface area (Å²) in [7, 11) is 0. The van der Waals surface area contributed by atoms with Gasteiger partial charge in [-0.1, -0.05) is 6.07 Å². The number of hydrogen-bond acceptors (Lipinski definition) is 5. The van der Waals surface area contributed by atoms with Crippen LogP contribution in [-0.4, -0.2) is 36.1 Å². The molecule has 1 aromatic heterocycles. The zero-order chi connectivity index (χ0) is 13.1. The SMILES string of the molecule is Nc1cccc(N2CCN(c3ccncn3)CC2)c1. The number of nitrogens with zero attached hydrogens (tertiary/aromatic N) is 4. The molecule has 19 heavy (non-hydrogen) atoms. The van der Waals surface area contributed by atoms with Gasteiger partial charge in [-0.3, -0.25) is 0 Å². The van der Waals surface area contributed by atoms with E-state index >= 15 is 0 Å². The number of hydrogen-bond donors (Lipinski definition) is 1. The van der Waals surface area contributed by atoms with Crippen LogP contribution in [0.3, 0.4) is 0 Å². The predicted octanol–water partition coefficient (Wildman–Crippen LogP) is 1.39. The first-order chi connectivity index (χ1) is 9.33. The van der Waals surface area contributed by atoms with Gasteiger partial charge >= 0.3 is 0 Å². The highest BCUT2D eigenvalue weighted by atomic mass is 15.3. The fourth-order valence-corrected chi connectivity index (χ4v) is 2.39. The molecule has 0 saturated carbocycles. The summed E-state index contributed by atoms with van der Waals surface area (Å²) in [6, 6.07) is 10.0. The van der Waals surface area contributed by atoms with E-state index in [4.69, 9.17) is 5.73 Å². The number of piperazine rings is 1. The van der Waals surface area contributed by atoms with Crippen LogP contribution in [0.15, 0.2) is 42.9 Å². The van der Waals surface area contributed by atoms with E-state index in [-0.39, 0.29) is 0 Å². The van der Waals surface area contributed by atoms with Crippen molar-refractivity contribution in [3.8, 4) is 0 Å². The Morgan fingerprint density at radius 3 is 2.47 bits per heavy atom. The second kappa shape index (κ2) is 5.14. The molecular formula is C14H17N5. The Hall–Kier alpha value is -2.30. The van der Waals surface area contributed by atoms with Crippen LogP contribution in [0.25, 0.3) is 0 Å². The second-order valence-electron chi connectivity index (χ2n) is 4.64. The number of nitrogen functional groups attached to an aromatic ring is 1. The van der Waals surface area contributed by atoms with E-state index in [1.54, 1.807) is 12.5 Å². The summed E-state index contributed by atoms with van der Waals surface area (Å²) in [6.45, 7) is 3.89. The molecule has 2 N–H and O–H groups in total. The van der Waals surface area contributed by atoms with Crippen LogP contribution in [0.1, 0.15) is 0 Å². The molecule has 2 aromatic rings. The van der Waals surface area contributed by atoms with E-state index in [1.807, 2.05) is 24.3 Å². The minimum absolute atomic E-state index is 0.815. The topological polar surface area (TPSA) is 58.3 Å². The Labute approximate surface area is 112 Å². The average molecular weight is 255 g/mol. The normalized spacial score (nSPS) is 15.6. The average Bonchev–Trinajstić information content (AvgIpc) is 2.48. The largest absolute Gasteiger partial charge is 0.399 e. The standard InChI is InChI=1S/C14H17N5/c15-12-2-1-3-13(10-12)18-6-8-19(9-7-18)14-4-5-16-11-17-14/h1-5,10-11H,6-9,15H2. The summed E-state index contributed by atoms with van der Waals surface area (Å²) in [6.07, 6.45) is 3.38. The molecule has 2 heterocycles. The minimum atomic E-state index is 0.815. The fraction of sp³-hybridized carbons (Fsp3) is 0.286. The third-order valence-corrected chi connectivity index (χ3v) is 3.41. The Morgan fingerprint density at radius 1 is 1.00 bits per heavy atom. The van der Waals surface area contributed by atoms with E-state index in [0.29, 0.717) is 0 Å². The molecule has 5 nitrogen and oxygen atoms in total. The van der Waals surface area contributed by atoms with Gasteiger partial charge in [-0.15, -0.1) is 0 Å². The van der Waals surface area contributed by atoms with E-state index < -0.39 is 0 Å². The Kier molecular flexibility index (Phi) is 3.18. The maximum Gasteiger partial charge on any atom is 0.132 e. The van der Waals surface area contributed by atoms with Crippen molar-refractivity contribution in [3.63, 3.8) is 0 Å². The summed E-state index contributed by atoms with van der Waals surface area (Å²) in [5.41, 5.74) is 7.84. The van der Waals surface area contributed by atoms with Gasteiger partial charge < -0.3 is 15.5 Å². The van der Waals surface area contributed by atoms with Crippen LogP contribution in [0.5, 0.6) is 0 Å². The molecular weight excluding hydrogens is 238 g/mol. The smallest absolute Gasteiger partial charge is 0.132 e. The predicted molar refractivity (Wildman–Crippen MR) is 77.3 cm³/mol. The number of nitrogens with two attached hydrogens (primary N) is 1. The highest BCUT2D eigenvalue weighted by Crippen LogP contribution is 2.20. The number of benzene rings is 1. The molecule has 0 aliphatic carbocycles. The van der Waals surface area contributed by atoms with Crippen molar-refractivity contribution in [2.24, 2.45) is 0 Å². The number of anilines is 3. The number of rotatable bonds is 2. The zero-order valence-electron chi connectivity index (χ0n) is 10.7. The summed E-state index contributed by atoms with van der Waals surface area (Å²) >= 11 is 0. The molecule has 3 rings (SSSR count). The summed E-state index contributed by atoms with van der Waals surface area (Å²) < 4.78 is 0. The molecule has 5 heteroatoms. The molecule has 1 aromatic carbocycles. The molecule has 1 aliphatic rings. The van der Waals surface area contributed by atoms with Crippen LogP contribution >= 0.6 is 0 Å². The molecule has 0 bridgehead atoms. The van der Waals surface area contributed by atoms with Crippen molar-refractivity contribution in [1.29, 1.82) is 0 Å². The Balaban J connectivity index is 1.67. The first-order valence-corrected chi connectivity index (χ1v) is 6.44. The van der Waals surface area contributed by atoms with Gasteiger partial charge in [-0.05, 0) is 24.3 Å².